The summed E-state index contributed by atoms with van der Waals surface area (Å²) in [6.45, 7) is 3.88. The maximum absolute atomic E-state index is 12.2. The Bertz CT molecular complexity index is 720. The molecule has 1 aliphatic rings. The van der Waals surface area contributed by atoms with E-state index in [0.29, 0.717) is 0 Å². The number of esters is 4. The Kier molecular flexibility index (Phi) is 9.86. The second kappa shape index (κ2) is 11.8. The van der Waals surface area contributed by atoms with Crippen LogP contribution in [0.3, 0.4) is 0 Å². The molecule has 0 aliphatic carbocycles. The number of carbonyl (C=O) groups excluding carboxylic acids is 5. The smallest absolute Gasteiger partial charge is 0.305 e. The monoisotopic (exact) mass is 447 g/mol. The van der Waals surface area contributed by atoms with Gasteiger partial charge < -0.3 is 34.1 Å². The van der Waals surface area contributed by atoms with Crippen molar-refractivity contribution in [1.82, 2.24) is 5.32 Å². The minimum Gasteiger partial charge on any atom is -0.481 e. The lowest BCUT2D eigenvalue weighted by Crippen LogP contribution is -2.67. The summed E-state index contributed by atoms with van der Waals surface area (Å²) in [6.07, 6.45) is -6.42. The summed E-state index contributed by atoms with van der Waals surface area (Å²) in [5, 5.41) is 11.1. The summed E-state index contributed by atoms with van der Waals surface area (Å²) < 4.78 is 26.0. The van der Waals surface area contributed by atoms with Crippen molar-refractivity contribution >= 4 is 35.8 Å². The molecule has 13 nitrogen and oxygen atoms in total. The standard InChI is InChI=1S/C18H25NO12/c1-8(20)27-7-12-16(28-9(2)21)17(29-10(3)22)15(18(31-12)30-11(4)23)19-13(24)5-6-14(25)26/h12,15-18H,5-7H2,1-4H3,(H,19,24)(H,25,26)/t12-,15-,16-,17-,18-/m1/s1. The molecule has 0 spiro atoms. The zero-order valence-electron chi connectivity index (χ0n) is 17.4. The second-order valence-electron chi connectivity index (χ2n) is 6.59. The van der Waals surface area contributed by atoms with Gasteiger partial charge in [0.05, 0.1) is 6.42 Å². The molecule has 0 radical (unpaired) electrons. The van der Waals surface area contributed by atoms with Gasteiger partial charge in [-0.2, -0.15) is 0 Å². The van der Waals surface area contributed by atoms with E-state index in [9.17, 15) is 28.8 Å². The number of aliphatic carboxylic acids is 1. The van der Waals surface area contributed by atoms with E-state index in [-0.39, 0.29) is 0 Å². The number of rotatable bonds is 9. The average molecular weight is 447 g/mol. The lowest BCUT2D eigenvalue weighted by atomic mass is 9.95. The summed E-state index contributed by atoms with van der Waals surface area (Å²) in [7, 11) is 0. The Morgan fingerprint density at radius 1 is 0.806 bits per heavy atom. The molecule has 1 fully saturated rings. The van der Waals surface area contributed by atoms with Crippen LogP contribution in [-0.2, 0) is 52.5 Å². The van der Waals surface area contributed by atoms with Crippen molar-refractivity contribution in [2.24, 2.45) is 0 Å². The summed E-state index contributed by atoms with van der Waals surface area (Å²) >= 11 is 0. The van der Waals surface area contributed by atoms with E-state index in [2.05, 4.69) is 5.32 Å². The lowest BCUT2D eigenvalue weighted by molar-refractivity contribution is -0.271. The van der Waals surface area contributed by atoms with Crippen LogP contribution in [0.15, 0.2) is 0 Å². The SMILES string of the molecule is CC(=O)OC[C@H]1O[C@@H](OC(C)=O)[C@H](NC(=O)CCC(=O)O)[C@@H](OC(C)=O)[C@@H]1OC(C)=O. The van der Waals surface area contributed by atoms with Gasteiger partial charge in [-0.1, -0.05) is 0 Å². The number of ether oxygens (including phenoxy) is 5. The largest absolute Gasteiger partial charge is 0.481 e. The zero-order chi connectivity index (χ0) is 23.7. The van der Waals surface area contributed by atoms with Crippen molar-refractivity contribution < 1.29 is 57.6 Å². The molecule has 174 valence electrons. The minimum atomic E-state index is -1.53. The molecule has 13 heteroatoms. The normalized spacial score (nSPS) is 25.0. The maximum Gasteiger partial charge on any atom is 0.305 e. The first kappa shape index (κ1) is 25.8. The molecule has 1 amide bonds. The molecule has 31 heavy (non-hydrogen) atoms. The molecule has 1 saturated heterocycles. The molecule has 1 rings (SSSR count). The van der Waals surface area contributed by atoms with Gasteiger partial charge in [-0.05, 0) is 0 Å². The number of nitrogens with one attached hydrogen (secondary N) is 1. The Balaban J connectivity index is 3.29. The van der Waals surface area contributed by atoms with Crippen LogP contribution in [0.25, 0.3) is 0 Å². The van der Waals surface area contributed by atoms with E-state index in [4.69, 9.17) is 28.8 Å². The van der Waals surface area contributed by atoms with Crippen LogP contribution in [-0.4, -0.2) is 78.1 Å². The average Bonchev–Trinajstić information content (AvgIpc) is 2.62. The van der Waals surface area contributed by atoms with E-state index < -0.39 is 85.8 Å². The van der Waals surface area contributed by atoms with Crippen molar-refractivity contribution in [3.8, 4) is 0 Å². The summed E-state index contributed by atoms with van der Waals surface area (Å²) in [6, 6.07) is -1.35. The van der Waals surface area contributed by atoms with Crippen molar-refractivity contribution in [2.75, 3.05) is 6.61 Å². The summed E-state index contributed by atoms with van der Waals surface area (Å²) in [5.41, 5.74) is 0. The predicted molar refractivity (Wildman–Crippen MR) is 97.0 cm³/mol. The van der Waals surface area contributed by atoms with Crippen LogP contribution >= 0.6 is 0 Å². The Morgan fingerprint density at radius 3 is 1.84 bits per heavy atom. The first-order valence-electron chi connectivity index (χ1n) is 9.22. The molecular formula is C18H25NO12. The van der Waals surface area contributed by atoms with E-state index in [0.717, 1.165) is 27.7 Å². The fourth-order valence-electron chi connectivity index (χ4n) is 2.80. The number of hydrogen-bond donors (Lipinski definition) is 2. The van der Waals surface area contributed by atoms with Crippen molar-refractivity contribution in [1.29, 1.82) is 0 Å². The molecule has 0 aromatic heterocycles. The highest BCUT2D eigenvalue weighted by atomic mass is 16.7. The molecule has 1 aliphatic heterocycles. The van der Waals surface area contributed by atoms with Gasteiger partial charge in [0.15, 0.2) is 12.2 Å². The van der Waals surface area contributed by atoms with Gasteiger partial charge in [0.1, 0.15) is 18.8 Å². The summed E-state index contributed by atoms with van der Waals surface area (Å²) in [4.78, 5) is 69.0. The van der Waals surface area contributed by atoms with E-state index >= 15 is 0 Å². The maximum atomic E-state index is 12.2. The molecule has 1 heterocycles. The minimum absolute atomic E-state index is 0.430. The molecule has 0 bridgehead atoms. The van der Waals surface area contributed by atoms with E-state index in [1.54, 1.807) is 0 Å². The Hall–Kier alpha value is -3.22. The van der Waals surface area contributed by atoms with Crippen LogP contribution < -0.4 is 5.32 Å². The molecule has 0 unspecified atom stereocenters. The Labute approximate surface area is 177 Å². The van der Waals surface area contributed by atoms with Crippen LogP contribution in [0.4, 0.5) is 0 Å². The van der Waals surface area contributed by atoms with Gasteiger partial charge in [0.25, 0.3) is 0 Å². The quantitative estimate of drug-likeness (QED) is 0.327. The zero-order valence-corrected chi connectivity index (χ0v) is 17.4. The van der Waals surface area contributed by atoms with Gasteiger partial charge in [-0.3, -0.25) is 28.8 Å². The third-order valence-corrected chi connectivity index (χ3v) is 3.88. The molecule has 5 atom stereocenters. The Morgan fingerprint density at radius 2 is 1.35 bits per heavy atom. The fourth-order valence-corrected chi connectivity index (χ4v) is 2.80. The number of carboxylic acids is 1. The van der Waals surface area contributed by atoms with Crippen LogP contribution in [0.5, 0.6) is 0 Å². The van der Waals surface area contributed by atoms with Gasteiger partial charge in [0.2, 0.25) is 12.2 Å². The molecular weight excluding hydrogens is 422 g/mol. The van der Waals surface area contributed by atoms with Gasteiger partial charge in [0, 0.05) is 34.1 Å². The van der Waals surface area contributed by atoms with Gasteiger partial charge in [-0.25, -0.2) is 0 Å². The van der Waals surface area contributed by atoms with E-state index in [1.807, 2.05) is 0 Å². The summed E-state index contributed by atoms with van der Waals surface area (Å²) in [5.74, 6) is -5.09. The third kappa shape index (κ3) is 8.99. The molecule has 0 saturated carbocycles. The van der Waals surface area contributed by atoms with E-state index in [1.165, 1.54) is 0 Å². The van der Waals surface area contributed by atoms with Crippen molar-refractivity contribution in [3.05, 3.63) is 0 Å². The highest BCUT2D eigenvalue weighted by molar-refractivity contribution is 5.81. The number of carbonyl (C=O) groups is 6. The predicted octanol–water partition coefficient (Wildman–Crippen LogP) is -0.949. The van der Waals surface area contributed by atoms with Gasteiger partial charge >= 0.3 is 29.8 Å². The molecule has 0 aromatic carbocycles. The number of amides is 1. The third-order valence-electron chi connectivity index (χ3n) is 3.88. The van der Waals surface area contributed by atoms with Crippen LogP contribution in [0, 0.1) is 0 Å². The molecule has 2 N–H and O–H groups in total. The first-order chi connectivity index (χ1) is 14.4. The highest BCUT2D eigenvalue weighted by Gasteiger charge is 2.52. The fraction of sp³-hybridized carbons (Fsp3) is 0.667. The highest BCUT2D eigenvalue weighted by Crippen LogP contribution is 2.28. The van der Waals surface area contributed by atoms with Crippen molar-refractivity contribution in [3.63, 3.8) is 0 Å². The van der Waals surface area contributed by atoms with Crippen LogP contribution in [0.2, 0.25) is 0 Å². The number of hydrogen-bond acceptors (Lipinski definition) is 11. The lowest BCUT2D eigenvalue weighted by Gasteiger charge is -2.44. The van der Waals surface area contributed by atoms with Gasteiger partial charge in [-0.15, -0.1) is 0 Å². The van der Waals surface area contributed by atoms with Crippen LogP contribution in [0.1, 0.15) is 40.5 Å². The first-order valence-corrected chi connectivity index (χ1v) is 9.22. The topological polar surface area (TPSA) is 181 Å². The number of carboxylic acid groups (broad SMARTS) is 1. The molecule has 0 aromatic rings. The second-order valence-corrected chi connectivity index (χ2v) is 6.59. The van der Waals surface area contributed by atoms with Crippen molar-refractivity contribution in [2.45, 2.75) is 71.2 Å².